The number of nitrogens with zero attached hydrogens (tertiary/aromatic N) is 2. The number of halogens is 2. The minimum Gasteiger partial charge on any atom is -0.489 e. The molecule has 2 saturated carbocycles. The third-order valence-electron chi connectivity index (χ3n) is 4.69. The molecule has 5 nitrogen and oxygen atoms in total. The van der Waals surface area contributed by atoms with Crippen molar-refractivity contribution in [3.63, 3.8) is 0 Å². The van der Waals surface area contributed by atoms with Gasteiger partial charge in [-0.1, -0.05) is 0 Å². The monoisotopic (exact) mass is 336 g/mol. The van der Waals surface area contributed by atoms with E-state index in [1.54, 1.807) is 16.6 Å². The zero-order valence-electron chi connectivity index (χ0n) is 13.3. The summed E-state index contributed by atoms with van der Waals surface area (Å²) in [6.07, 6.45) is 2.38. The molecule has 2 aromatic heterocycles. The molecule has 4 rings (SSSR count). The third kappa shape index (κ3) is 2.56. The summed E-state index contributed by atoms with van der Waals surface area (Å²) in [6.45, 7) is 1.32. The molecule has 2 aliphatic rings. The fourth-order valence-corrected chi connectivity index (χ4v) is 3.40. The molecule has 0 unspecified atom stereocenters. The van der Waals surface area contributed by atoms with E-state index >= 15 is 0 Å². The fourth-order valence-electron chi connectivity index (χ4n) is 3.40. The SMILES string of the molecule is CC(=O)c1cnn2c(C3CC3)c(OCC3(O)CC(F)(F)C3)ccc12. The van der Waals surface area contributed by atoms with E-state index in [-0.39, 0.29) is 18.3 Å². The van der Waals surface area contributed by atoms with Crippen LogP contribution in [0.5, 0.6) is 5.75 Å². The number of hydrogen-bond donors (Lipinski definition) is 1. The second kappa shape index (κ2) is 4.99. The minimum absolute atomic E-state index is 0.0635. The maximum absolute atomic E-state index is 13.0. The van der Waals surface area contributed by atoms with Crippen LogP contribution in [0.4, 0.5) is 8.78 Å². The van der Waals surface area contributed by atoms with Crippen LogP contribution >= 0.6 is 0 Å². The highest BCUT2D eigenvalue weighted by Gasteiger charge is 2.56. The highest BCUT2D eigenvalue weighted by atomic mass is 19.3. The zero-order chi connectivity index (χ0) is 17.1. The minimum atomic E-state index is -2.81. The summed E-state index contributed by atoms with van der Waals surface area (Å²) < 4.78 is 33.4. The smallest absolute Gasteiger partial charge is 0.253 e. The number of rotatable bonds is 5. The van der Waals surface area contributed by atoms with Crippen molar-refractivity contribution in [1.82, 2.24) is 9.61 Å². The Kier molecular flexibility index (Phi) is 3.22. The Labute approximate surface area is 137 Å². The predicted molar refractivity (Wildman–Crippen MR) is 81.8 cm³/mol. The first-order valence-corrected chi connectivity index (χ1v) is 8.03. The first-order valence-electron chi connectivity index (χ1n) is 8.03. The van der Waals surface area contributed by atoms with Crippen LogP contribution in [-0.2, 0) is 0 Å². The molecular formula is C17H18F2N2O3. The molecule has 7 heteroatoms. The van der Waals surface area contributed by atoms with Gasteiger partial charge in [0.2, 0.25) is 0 Å². The molecule has 0 bridgehead atoms. The molecule has 128 valence electrons. The van der Waals surface area contributed by atoms with Crippen LogP contribution in [-0.4, -0.2) is 38.6 Å². The van der Waals surface area contributed by atoms with Crippen LogP contribution in [0, 0.1) is 0 Å². The number of ether oxygens (including phenoxy) is 1. The van der Waals surface area contributed by atoms with Crippen molar-refractivity contribution in [1.29, 1.82) is 0 Å². The molecule has 2 fully saturated rings. The average Bonchev–Trinajstić information content (AvgIpc) is 3.20. The Morgan fingerprint density at radius 2 is 2.12 bits per heavy atom. The summed E-state index contributed by atoms with van der Waals surface area (Å²) in [7, 11) is 0. The normalized spacial score (nSPS) is 21.5. The van der Waals surface area contributed by atoms with E-state index in [4.69, 9.17) is 4.74 Å². The number of carbonyl (C=O) groups is 1. The summed E-state index contributed by atoms with van der Waals surface area (Å²) in [6, 6.07) is 3.47. The topological polar surface area (TPSA) is 63.8 Å². The standard InChI is InChI=1S/C17H18F2N2O3/c1-10(22)12-6-20-21-13(12)4-5-14(15(21)11-2-3-11)24-9-16(23)7-17(18,19)8-16/h4-6,11,23H,2-3,7-9H2,1H3. The van der Waals surface area contributed by atoms with Gasteiger partial charge in [-0.15, -0.1) is 0 Å². The first-order chi connectivity index (χ1) is 11.3. The summed E-state index contributed by atoms with van der Waals surface area (Å²) in [4.78, 5) is 11.7. The van der Waals surface area contributed by atoms with Crippen molar-refractivity contribution in [3.05, 3.63) is 29.6 Å². The molecule has 0 saturated heterocycles. The van der Waals surface area contributed by atoms with Crippen molar-refractivity contribution in [2.45, 2.75) is 50.0 Å². The molecule has 0 aromatic carbocycles. The van der Waals surface area contributed by atoms with E-state index in [0.29, 0.717) is 16.8 Å². The Bertz CT molecular complexity index is 819. The molecule has 2 aromatic rings. The lowest BCUT2D eigenvalue weighted by molar-refractivity contribution is -0.215. The van der Waals surface area contributed by atoms with E-state index in [9.17, 15) is 18.7 Å². The van der Waals surface area contributed by atoms with Crippen molar-refractivity contribution in [2.75, 3.05) is 6.61 Å². The van der Waals surface area contributed by atoms with Gasteiger partial charge in [0.15, 0.2) is 5.78 Å². The molecule has 24 heavy (non-hydrogen) atoms. The van der Waals surface area contributed by atoms with Crippen LogP contribution < -0.4 is 4.74 Å². The number of fused-ring (bicyclic) bond motifs is 1. The average molecular weight is 336 g/mol. The van der Waals surface area contributed by atoms with Gasteiger partial charge in [-0.25, -0.2) is 13.3 Å². The first kappa shape index (κ1) is 15.5. The highest BCUT2D eigenvalue weighted by molar-refractivity contribution is 6.00. The molecule has 0 aliphatic heterocycles. The Hall–Kier alpha value is -2.02. The molecule has 2 aliphatic carbocycles. The van der Waals surface area contributed by atoms with Gasteiger partial charge in [0, 0.05) is 18.8 Å². The van der Waals surface area contributed by atoms with Crippen LogP contribution in [0.1, 0.15) is 54.6 Å². The number of Topliss-reactive ketones (excluding diaryl/α,β-unsaturated/α-hetero) is 1. The van der Waals surface area contributed by atoms with Gasteiger partial charge in [0.05, 0.1) is 23.0 Å². The molecule has 0 amide bonds. The Morgan fingerprint density at radius 3 is 2.71 bits per heavy atom. The number of carbonyl (C=O) groups excluding carboxylic acids is 1. The Balaban J connectivity index is 1.64. The zero-order valence-corrected chi connectivity index (χ0v) is 13.3. The third-order valence-corrected chi connectivity index (χ3v) is 4.69. The maximum atomic E-state index is 13.0. The van der Waals surface area contributed by atoms with Gasteiger partial charge in [-0.05, 0) is 31.9 Å². The lowest BCUT2D eigenvalue weighted by atomic mass is 9.77. The van der Waals surface area contributed by atoms with Crippen LogP contribution in [0.15, 0.2) is 18.3 Å². The maximum Gasteiger partial charge on any atom is 0.253 e. The van der Waals surface area contributed by atoms with Gasteiger partial charge >= 0.3 is 0 Å². The summed E-state index contributed by atoms with van der Waals surface area (Å²) in [5, 5.41) is 14.4. The predicted octanol–water partition coefficient (Wildman–Crippen LogP) is 2.95. The van der Waals surface area contributed by atoms with Crippen molar-refractivity contribution >= 4 is 11.3 Å². The number of pyridine rings is 1. The summed E-state index contributed by atoms with van der Waals surface area (Å²) in [5.41, 5.74) is 0.620. The molecule has 2 heterocycles. The molecule has 0 spiro atoms. The van der Waals surface area contributed by atoms with Gasteiger partial charge < -0.3 is 9.84 Å². The van der Waals surface area contributed by atoms with Crippen LogP contribution in [0.2, 0.25) is 0 Å². The molecule has 1 N–H and O–H groups in total. The van der Waals surface area contributed by atoms with Crippen LogP contribution in [0.3, 0.4) is 0 Å². The van der Waals surface area contributed by atoms with E-state index in [2.05, 4.69) is 5.10 Å². The second-order valence-corrected chi connectivity index (χ2v) is 6.99. The largest absolute Gasteiger partial charge is 0.489 e. The van der Waals surface area contributed by atoms with E-state index in [1.165, 1.54) is 13.1 Å². The molecule has 0 radical (unpaired) electrons. The number of alkyl halides is 2. The van der Waals surface area contributed by atoms with Gasteiger partial charge in [-0.3, -0.25) is 4.79 Å². The molecular weight excluding hydrogens is 318 g/mol. The van der Waals surface area contributed by atoms with E-state index in [0.717, 1.165) is 18.5 Å². The van der Waals surface area contributed by atoms with Crippen molar-refractivity contribution in [3.8, 4) is 5.75 Å². The lowest BCUT2D eigenvalue weighted by Gasteiger charge is -2.42. The van der Waals surface area contributed by atoms with Crippen LogP contribution in [0.25, 0.3) is 5.52 Å². The Morgan fingerprint density at radius 1 is 1.42 bits per heavy atom. The lowest BCUT2D eigenvalue weighted by Crippen LogP contribution is -2.55. The van der Waals surface area contributed by atoms with Crippen molar-refractivity contribution in [2.24, 2.45) is 0 Å². The second-order valence-electron chi connectivity index (χ2n) is 6.99. The number of hydrogen-bond acceptors (Lipinski definition) is 4. The number of ketones is 1. The van der Waals surface area contributed by atoms with Crippen molar-refractivity contribution < 1.29 is 23.4 Å². The summed E-state index contributed by atoms with van der Waals surface area (Å²) in [5.74, 6) is -2.06. The van der Waals surface area contributed by atoms with E-state index in [1.807, 2.05) is 0 Å². The van der Waals surface area contributed by atoms with Gasteiger partial charge in [0.1, 0.15) is 18.0 Å². The van der Waals surface area contributed by atoms with Gasteiger partial charge in [0.25, 0.3) is 5.92 Å². The van der Waals surface area contributed by atoms with E-state index < -0.39 is 24.4 Å². The fraction of sp³-hybridized carbons (Fsp3) is 0.529. The quantitative estimate of drug-likeness (QED) is 0.853. The highest BCUT2D eigenvalue weighted by Crippen LogP contribution is 2.47. The number of aliphatic hydroxyl groups is 1. The number of aromatic nitrogens is 2. The van der Waals surface area contributed by atoms with Gasteiger partial charge in [-0.2, -0.15) is 5.10 Å². The summed E-state index contributed by atoms with van der Waals surface area (Å²) >= 11 is 0. The molecule has 0 atom stereocenters.